The predicted octanol–water partition coefficient (Wildman–Crippen LogP) is 0.840. The molecule has 0 spiro atoms. The molecular formula is C17H17N3O6S. The van der Waals surface area contributed by atoms with Crippen molar-refractivity contribution in [2.24, 2.45) is 5.73 Å². The van der Waals surface area contributed by atoms with Gasteiger partial charge in [-0.2, -0.15) is 0 Å². The molecule has 142 valence electrons. The number of ether oxygens (including phenoxy) is 1. The second kappa shape index (κ2) is 8.04. The summed E-state index contributed by atoms with van der Waals surface area (Å²) in [5, 5.41) is 5.25. The van der Waals surface area contributed by atoms with Crippen molar-refractivity contribution in [1.82, 2.24) is 5.32 Å². The van der Waals surface area contributed by atoms with Crippen LogP contribution in [0.4, 0.5) is 5.00 Å². The third kappa shape index (κ3) is 4.34. The highest BCUT2D eigenvalue weighted by Gasteiger charge is 2.26. The highest BCUT2D eigenvalue weighted by atomic mass is 32.1. The van der Waals surface area contributed by atoms with Gasteiger partial charge in [0, 0.05) is 4.88 Å². The molecule has 3 amide bonds. The smallest absolute Gasteiger partial charge is 0.325 e. The third-order valence-corrected chi connectivity index (χ3v) is 5.13. The number of carbonyl (C=O) groups is 4. The first-order valence-electron chi connectivity index (χ1n) is 8.17. The summed E-state index contributed by atoms with van der Waals surface area (Å²) < 4.78 is 9.70. The number of esters is 1. The predicted molar refractivity (Wildman–Crippen MR) is 95.5 cm³/mol. The monoisotopic (exact) mass is 391 g/mol. The van der Waals surface area contributed by atoms with E-state index in [1.54, 1.807) is 6.07 Å². The fraction of sp³-hybridized carbons (Fsp3) is 0.294. The van der Waals surface area contributed by atoms with Gasteiger partial charge in [-0.25, -0.2) is 0 Å². The van der Waals surface area contributed by atoms with Gasteiger partial charge in [0.05, 0.1) is 11.8 Å². The van der Waals surface area contributed by atoms with E-state index in [9.17, 15) is 19.2 Å². The molecule has 0 bridgehead atoms. The minimum atomic E-state index is -0.783. The number of carbonyl (C=O) groups excluding carboxylic acids is 4. The number of thiophene rings is 1. The van der Waals surface area contributed by atoms with Gasteiger partial charge in [0.2, 0.25) is 0 Å². The summed E-state index contributed by atoms with van der Waals surface area (Å²) in [5.41, 5.74) is 6.64. The highest BCUT2D eigenvalue weighted by molar-refractivity contribution is 7.17. The van der Waals surface area contributed by atoms with E-state index in [1.807, 2.05) is 0 Å². The Morgan fingerprint density at radius 2 is 2.07 bits per heavy atom. The summed E-state index contributed by atoms with van der Waals surface area (Å²) in [6.45, 7) is -0.955. The number of rotatable bonds is 7. The van der Waals surface area contributed by atoms with E-state index in [1.165, 1.54) is 23.7 Å². The second-order valence-electron chi connectivity index (χ2n) is 5.79. The average molecular weight is 391 g/mol. The topological polar surface area (TPSA) is 141 Å². The molecule has 2 heterocycles. The standard InChI is InChI=1S/C17H17N3O6S/c18-15(23)14-9-3-1-5-11(9)27-17(14)20-12(21)8-26-13(22)7-19-16(24)10-4-2-6-25-10/h2,4,6H,1,3,5,7-8H2,(H2,18,23)(H,19,24)(H,20,21). The number of nitrogens with two attached hydrogens (primary N) is 1. The number of furan rings is 1. The number of fused-ring (bicyclic) bond motifs is 1. The van der Waals surface area contributed by atoms with E-state index in [2.05, 4.69) is 10.6 Å². The maximum Gasteiger partial charge on any atom is 0.325 e. The van der Waals surface area contributed by atoms with Crippen molar-refractivity contribution >= 4 is 40.0 Å². The van der Waals surface area contributed by atoms with E-state index in [-0.39, 0.29) is 5.76 Å². The minimum Gasteiger partial charge on any atom is -0.459 e. The van der Waals surface area contributed by atoms with Crippen LogP contribution in [0.3, 0.4) is 0 Å². The molecule has 0 unspecified atom stereocenters. The van der Waals surface area contributed by atoms with Gasteiger partial charge < -0.3 is 25.5 Å². The summed E-state index contributed by atoms with van der Waals surface area (Å²) in [7, 11) is 0. The molecule has 2 aromatic heterocycles. The largest absolute Gasteiger partial charge is 0.459 e. The number of hydrogen-bond donors (Lipinski definition) is 3. The number of hydrogen-bond acceptors (Lipinski definition) is 7. The molecule has 0 aliphatic heterocycles. The number of nitrogens with one attached hydrogen (secondary N) is 2. The van der Waals surface area contributed by atoms with Crippen LogP contribution in [0.2, 0.25) is 0 Å². The van der Waals surface area contributed by atoms with E-state index in [0.717, 1.165) is 29.7 Å². The van der Waals surface area contributed by atoms with Gasteiger partial charge in [-0.05, 0) is 37.0 Å². The number of aryl methyl sites for hydroxylation is 1. The fourth-order valence-corrected chi connectivity index (χ4v) is 4.07. The van der Waals surface area contributed by atoms with Crippen LogP contribution in [0.15, 0.2) is 22.8 Å². The molecule has 0 atom stereocenters. The van der Waals surface area contributed by atoms with Gasteiger partial charge in [-0.3, -0.25) is 19.2 Å². The van der Waals surface area contributed by atoms with Gasteiger partial charge >= 0.3 is 5.97 Å². The number of anilines is 1. The van der Waals surface area contributed by atoms with Crippen molar-refractivity contribution in [1.29, 1.82) is 0 Å². The van der Waals surface area contributed by atoms with Crippen LogP contribution >= 0.6 is 11.3 Å². The average Bonchev–Trinajstić information content (AvgIpc) is 3.34. The van der Waals surface area contributed by atoms with Crippen LogP contribution in [0.5, 0.6) is 0 Å². The maximum absolute atomic E-state index is 12.0. The Bertz CT molecular complexity index is 887. The van der Waals surface area contributed by atoms with Crippen molar-refractivity contribution in [3.63, 3.8) is 0 Å². The molecule has 0 fully saturated rings. The number of primary amides is 1. The molecule has 0 saturated carbocycles. The van der Waals surface area contributed by atoms with Gasteiger partial charge in [-0.1, -0.05) is 0 Å². The molecule has 3 rings (SSSR count). The second-order valence-corrected chi connectivity index (χ2v) is 6.90. The third-order valence-electron chi connectivity index (χ3n) is 3.92. The zero-order chi connectivity index (χ0) is 19.4. The Balaban J connectivity index is 1.48. The van der Waals surface area contributed by atoms with Crippen molar-refractivity contribution in [3.8, 4) is 0 Å². The fourth-order valence-electron chi connectivity index (χ4n) is 2.76. The lowest BCUT2D eigenvalue weighted by atomic mass is 10.1. The molecule has 4 N–H and O–H groups in total. The Morgan fingerprint density at radius 3 is 2.78 bits per heavy atom. The molecule has 0 aromatic carbocycles. The van der Waals surface area contributed by atoms with Crippen molar-refractivity contribution in [2.45, 2.75) is 19.3 Å². The van der Waals surface area contributed by atoms with Gasteiger partial charge in [0.1, 0.15) is 11.5 Å². The van der Waals surface area contributed by atoms with Gasteiger partial charge in [-0.15, -0.1) is 11.3 Å². The Hall–Kier alpha value is -3.14. The van der Waals surface area contributed by atoms with Crippen molar-refractivity contribution in [3.05, 3.63) is 40.2 Å². The van der Waals surface area contributed by atoms with E-state index in [0.29, 0.717) is 10.6 Å². The normalized spacial score (nSPS) is 12.3. The molecule has 2 aromatic rings. The zero-order valence-electron chi connectivity index (χ0n) is 14.2. The minimum absolute atomic E-state index is 0.0604. The molecule has 0 saturated heterocycles. The molecule has 27 heavy (non-hydrogen) atoms. The molecular weight excluding hydrogens is 374 g/mol. The summed E-state index contributed by atoms with van der Waals surface area (Å²) in [4.78, 5) is 48.0. The van der Waals surface area contributed by atoms with Crippen LogP contribution in [0.25, 0.3) is 0 Å². The Labute approximate surface area is 157 Å². The molecule has 10 heteroatoms. The van der Waals surface area contributed by atoms with Crippen LogP contribution in [0, 0.1) is 0 Å². The summed E-state index contributed by atoms with van der Waals surface area (Å²) in [5.74, 6) is -2.48. The summed E-state index contributed by atoms with van der Waals surface area (Å²) in [6.07, 6.45) is 3.89. The molecule has 1 aliphatic rings. The Morgan fingerprint density at radius 1 is 1.26 bits per heavy atom. The van der Waals surface area contributed by atoms with Crippen LogP contribution < -0.4 is 16.4 Å². The SMILES string of the molecule is NC(=O)c1c(NC(=O)COC(=O)CNC(=O)c2ccco2)sc2c1CCC2. The number of amides is 3. The van der Waals surface area contributed by atoms with Crippen LogP contribution in [-0.2, 0) is 27.2 Å². The zero-order valence-corrected chi connectivity index (χ0v) is 15.0. The van der Waals surface area contributed by atoms with Crippen LogP contribution in [0.1, 0.15) is 37.8 Å². The van der Waals surface area contributed by atoms with E-state index < -0.39 is 36.8 Å². The van der Waals surface area contributed by atoms with Gasteiger partial charge in [0.25, 0.3) is 17.7 Å². The van der Waals surface area contributed by atoms with E-state index in [4.69, 9.17) is 14.9 Å². The first-order chi connectivity index (χ1) is 13.0. The van der Waals surface area contributed by atoms with Crippen molar-refractivity contribution in [2.75, 3.05) is 18.5 Å². The lowest BCUT2D eigenvalue weighted by Crippen LogP contribution is -2.32. The highest BCUT2D eigenvalue weighted by Crippen LogP contribution is 2.38. The summed E-state index contributed by atoms with van der Waals surface area (Å²) >= 11 is 1.31. The first kappa shape index (κ1) is 18.6. The lowest BCUT2D eigenvalue weighted by molar-refractivity contribution is -0.146. The van der Waals surface area contributed by atoms with Crippen LogP contribution in [-0.4, -0.2) is 36.8 Å². The van der Waals surface area contributed by atoms with E-state index >= 15 is 0 Å². The molecule has 1 aliphatic carbocycles. The lowest BCUT2D eigenvalue weighted by Gasteiger charge is -2.07. The summed E-state index contributed by atoms with van der Waals surface area (Å²) in [6, 6.07) is 2.99. The molecule has 0 radical (unpaired) electrons. The Kier molecular flexibility index (Phi) is 5.55. The maximum atomic E-state index is 12.0. The first-order valence-corrected chi connectivity index (χ1v) is 8.99. The van der Waals surface area contributed by atoms with Gasteiger partial charge in [0.15, 0.2) is 12.4 Å². The van der Waals surface area contributed by atoms with Crippen molar-refractivity contribution < 1.29 is 28.3 Å². The molecule has 9 nitrogen and oxygen atoms in total. The quantitative estimate of drug-likeness (QED) is 0.597.